The van der Waals surface area contributed by atoms with Crippen molar-refractivity contribution in [3.05, 3.63) is 11.8 Å². The lowest BCUT2D eigenvalue weighted by molar-refractivity contribution is -0.139. The zero-order chi connectivity index (χ0) is 9.56. The second-order valence-corrected chi connectivity index (χ2v) is 2.42. The molecule has 0 amide bonds. The largest absolute Gasteiger partial charge is 0.512 e. The molecule has 12 heavy (non-hydrogen) atoms. The maximum absolute atomic E-state index is 10.7. The number of allylic oxidation sites excluding steroid dienone is 2. The molecule has 0 aliphatic heterocycles. The number of aliphatic carboxylic acids is 1. The Morgan fingerprint density at radius 1 is 1.33 bits per heavy atom. The van der Waals surface area contributed by atoms with Gasteiger partial charge in [0.15, 0.2) is 5.78 Å². The van der Waals surface area contributed by atoms with Gasteiger partial charge >= 0.3 is 5.97 Å². The van der Waals surface area contributed by atoms with E-state index in [4.69, 9.17) is 10.2 Å². The number of hydrogen-bond acceptors (Lipinski definition) is 3. The molecule has 0 aromatic heterocycles. The number of rotatable bonds is 5. The highest BCUT2D eigenvalue weighted by atomic mass is 16.4. The van der Waals surface area contributed by atoms with Crippen LogP contribution in [0.1, 0.15) is 26.2 Å². The summed E-state index contributed by atoms with van der Waals surface area (Å²) in [6.45, 7) is 1.85. The van der Waals surface area contributed by atoms with Crippen LogP contribution in [0.15, 0.2) is 11.8 Å². The number of carboxylic acid groups (broad SMARTS) is 1. The number of carbonyl (C=O) groups is 2. The number of ketones is 1. The molecule has 0 bridgehead atoms. The minimum Gasteiger partial charge on any atom is -0.512 e. The number of aliphatic hydroxyl groups excluding tert-OH is 1. The van der Waals surface area contributed by atoms with E-state index in [0.29, 0.717) is 6.42 Å². The van der Waals surface area contributed by atoms with Gasteiger partial charge in [0.2, 0.25) is 0 Å². The van der Waals surface area contributed by atoms with Gasteiger partial charge in [-0.25, -0.2) is 0 Å². The summed E-state index contributed by atoms with van der Waals surface area (Å²) in [4.78, 5) is 20.7. The summed E-state index contributed by atoms with van der Waals surface area (Å²) in [6, 6.07) is 0. The van der Waals surface area contributed by atoms with E-state index in [1.54, 1.807) is 0 Å². The molecule has 0 aromatic carbocycles. The van der Waals surface area contributed by atoms with Crippen molar-refractivity contribution in [1.29, 1.82) is 0 Å². The van der Waals surface area contributed by atoms with Crippen LogP contribution in [-0.4, -0.2) is 22.0 Å². The van der Waals surface area contributed by atoms with Crippen molar-refractivity contribution in [3.8, 4) is 0 Å². The highest BCUT2D eigenvalue weighted by molar-refractivity contribution is 6.01. The van der Waals surface area contributed by atoms with Gasteiger partial charge in [-0.1, -0.05) is 6.92 Å². The Hall–Kier alpha value is -1.32. The van der Waals surface area contributed by atoms with E-state index in [2.05, 4.69) is 0 Å². The third-order valence-corrected chi connectivity index (χ3v) is 1.16. The molecule has 0 atom stereocenters. The SMILES string of the molecule is CCC/C(O)=C/C(=O)CC(=O)O. The number of carboxylic acids is 1. The van der Waals surface area contributed by atoms with Crippen LogP contribution in [0.3, 0.4) is 0 Å². The first-order valence-corrected chi connectivity index (χ1v) is 3.70. The van der Waals surface area contributed by atoms with Gasteiger partial charge in [-0.05, 0) is 6.42 Å². The number of hydrogen-bond donors (Lipinski definition) is 2. The summed E-state index contributed by atoms with van der Waals surface area (Å²) in [5, 5.41) is 17.2. The predicted molar refractivity (Wildman–Crippen MR) is 42.9 cm³/mol. The van der Waals surface area contributed by atoms with E-state index < -0.39 is 18.2 Å². The fourth-order valence-electron chi connectivity index (χ4n) is 0.714. The first-order valence-electron chi connectivity index (χ1n) is 3.70. The molecule has 4 heteroatoms. The van der Waals surface area contributed by atoms with Gasteiger partial charge in [-0.2, -0.15) is 0 Å². The predicted octanol–water partition coefficient (Wildman–Crippen LogP) is 1.27. The molecule has 0 aliphatic rings. The normalized spacial score (nSPS) is 11.2. The Kier molecular flexibility index (Phi) is 4.76. The summed E-state index contributed by atoms with van der Waals surface area (Å²) in [5.74, 6) is -1.81. The Bertz CT molecular complexity index is 205. The lowest BCUT2D eigenvalue weighted by Gasteiger charge is -1.94. The Labute approximate surface area is 70.5 Å². The van der Waals surface area contributed by atoms with Gasteiger partial charge < -0.3 is 10.2 Å². The second kappa shape index (κ2) is 5.35. The summed E-state index contributed by atoms with van der Waals surface area (Å²) in [5.41, 5.74) is 0. The van der Waals surface area contributed by atoms with Crippen LogP contribution < -0.4 is 0 Å². The van der Waals surface area contributed by atoms with Gasteiger partial charge in [0.1, 0.15) is 6.42 Å². The molecular weight excluding hydrogens is 160 g/mol. The van der Waals surface area contributed by atoms with Crippen LogP contribution in [0.4, 0.5) is 0 Å². The van der Waals surface area contributed by atoms with E-state index >= 15 is 0 Å². The molecule has 2 N–H and O–H groups in total. The van der Waals surface area contributed by atoms with Crippen molar-refractivity contribution >= 4 is 11.8 Å². The smallest absolute Gasteiger partial charge is 0.311 e. The van der Waals surface area contributed by atoms with E-state index in [-0.39, 0.29) is 5.76 Å². The van der Waals surface area contributed by atoms with Crippen LogP contribution >= 0.6 is 0 Å². The molecule has 68 valence electrons. The first kappa shape index (κ1) is 10.7. The van der Waals surface area contributed by atoms with Crippen molar-refractivity contribution in [2.24, 2.45) is 0 Å². The molecule has 0 aromatic rings. The van der Waals surface area contributed by atoms with Gasteiger partial charge in [-0.3, -0.25) is 9.59 Å². The molecule has 0 radical (unpaired) electrons. The molecule has 0 fully saturated rings. The third kappa shape index (κ3) is 5.46. The molecular formula is C8H12O4. The maximum Gasteiger partial charge on any atom is 0.311 e. The standard InChI is InChI=1S/C8H12O4/c1-2-3-6(9)4-7(10)5-8(11)12/h4,9H,2-3,5H2,1H3,(H,11,12)/b6-4-. The summed E-state index contributed by atoms with van der Waals surface area (Å²) in [6.07, 6.45) is 1.54. The monoisotopic (exact) mass is 172 g/mol. The molecule has 0 spiro atoms. The zero-order valence-electron chi connectivity index (χ0n) is 6.91. The average molecular weight is 172 g/mol. The van der Waals surface area contributed by atoms with E-state index in [9.17, 15) is 9.59 Å². The molecule has 0 rings (SSSR count). The van der Waals surface area contributed by atoms with Crippen LogP contribution in [0.5, 0.6) is 0 Å². The maximum atomic E-state index is 10.7. The van der Waals surface area contributed by atoms with Crippen LogP contribution in [-0.2, 0) is 9.59 Å². The second-order valence-electron chi connectivity index (χ2n) is 2.42. The van der Waals surface area contributed by atoms with Crippen molar-refractivity contribution in [1.82, 2.24) is 0 Å². The van der Waals surface area contributed by atoms with E-state index in [0.717, 1.165) is 12.5 Å². The first-order chi connectivity index (χ1) is 5.56. The molecule has 0 saturated heterocycles. The quantitative estimate of drug-likeness (QED) is 0.372. The highest BCUT2D eigenvalue weighted by Gasteiger charge is 2.05. The Morgan fingerprint density at radius 2 is 1.92 bits per heavy atom. The lowest BCUT2D eigenvalue weighted by atomic mass is 10.2. The molecule has 0 saturated carbocycles. The third-order valence-electron chi connectivity index (χ3n) is 1.16. The Balaban J connectivity index is 3.96. The van der Waals surface area contributed by atoms with Gasteiger partial charge in [0.05, 0.1) is 5.76 Å². The molecule has 0 heterocycles. The van der Waals surface area contributed by atoms with Gasteiger partial charge in [-0.15, -0.1) is 0 Å². The highest BCUT2D eigenvalue weighted by Crippen LogP contribution is 2.00. The van der Waals surface area contributed by atoms with Crippen molar-refractivity contribution in [2.75, 3.05) is 0 Å². The molecule has 0 unspecified atom stereocenters. The van der Waals surface area contributed by atoms with Crippen LogP contribution in [0.25, 0.3) is 0 Å². The zero-order valence-corrected chi connectivity index (χ0v) is 6.91. The van der Waals surface area contributed by atoms with E-state index in [1.807, 2.05) is 6.92 Å². The van der Waals surface area contributed by atoms with Gasteiger partial charge in [0, 0.05) is 12.5 Å². The van der Waals surface area contributed by atoms with Crippen LogP contribution in [0.2, 0.25) is 0 Å². The topological polar surface area (TPSA) is 74.6 Å². The summed E-state index contributed by atoms with van der Waals surface area (Å²) in [7, 11) is 0. The summed E-state index contributed by atoms with van der Waals surface area (Å²) < 4.78 is 0. The molecule has 4 nitrogen and oxygen atoms in total. The minimum absolute atomic E-state index is 0.0521. The van der Waals surface area contributed by atoms with Crippen molar-refractivity contribution in [3.63, 3.8) is 0 Å². The average Bonchev–Trinajstić information content (AvgIpc) is 1.84. The lowest BCUT2D eigenvalue weighted by Crippen LogP contribution is -2.04. The fraction of sp³-hybridized carbons (Fsp3) is 0.500. The molecule has 0 aliphatic carbocycles. The van der Waals surface area contributed by atoms with E-state index in [1.165, 1.54) is 0 Å². The summed E-state index contributed by atoms with van der Waals surface area (Å²) >= 11 is 0. The van der Waals surface area contributed by atoms with Crippen LogP contribution in [0, 0.1) is 0 Å². The Morgan fingerprint density at radius 3 is 2.33 bits per heavy atom. The number of aliphatic hydroxyl groups is 1. The van der Waals surface area contributed by atoms with Crippen molar-refractivity contribution in [2.45, 2.75) is 26.2 Å². The fourth-order valence-corrected chi connectivity index (χ4v) is 0.714. The van der Waals surface area contributed by atoms with Gasteiger partial charge in [0.25, 0.3) is 0 Å². The number of carbonyl (C=O) groups excluding carboxylic acids is 1. The minimum atomic E-state index is -1.18. The van der Waals surface area contributed by atoms with Crippen molar-refractivity contribution < 1.29 is 19.8 Å².